The van der Waals surface area contributed by atoms with Crippen LogP contribution in [0.3, 0.4) is 0 Å². The smallest absolute Gasteiger partial charge is 0.0626 e. The molecule has 0 aromatic heterocycles. The van der Waals surface area contributed by atoms with E-state index in [4.69, 9.17) is 4.74 Å². The quantitative estimate of drug-likeness (QED) is 0.518. The monoisotopic (exact) mass is 290 g/mol. The molecule has 0 saturated heterocycles. The molecule has 21 heavy (non-hydrogen) atoms. The second-order valence-corrected chi connectivity index (χ2v) is 7.07. The van der Waals surface area contributed by atoms with E-state index in [2.05, 4.69) is 58.9 Å². The molecule has 120 valence electrons. The Kier molecular flexibility index (Phi) is 8.03. The summed E-state index contributed by atoms with van der Waals surface area (Å²) in [7, 11) is 0. The van der Waals surface area contributed by atoms with Crippen molar-refractivity contribution in [3.05, 3.63) is 35.4 Å². The van der Waals surface area contributed by atoms with Crippen molar-refractivity contribution in [2.75, 3.05) is 6.61 Å². The number of aryl methyl sites for hydroxylation is 2. The Bertz CT molecular complexity index is 377. The van der Waals surface area contributed by atoms with Gasteiger partial charge in [0.2, 0.25) is 0 Å². The summed E-state index contributed by atoms with van der Waals surface area (Å²) in [5.74, 6) is 0.827. The lowest BCUT2D eigenvalue weighted by Gasteiger charge is -2.25. The number of benzene rings is 1. The maximum atomic E-state index is 5.76. The minimum absolute atomic E-state index is 0.0520. The van der Waals surface area contributed by atoms with Gasteiger partial charge < -0.3 is 4.74 Å². The maximum absolute atomic E-state index is 5.76. The highest BCUT2D eigenvalue weighted by molar-refractivity contribution is 5.21. The summed E-state index contributed by atoms with van der Waals surface area (Å²) in [6.07, 6.45) is 7.63. The van der Waals surface area contributed by atoms with E-state index >= 15 is 0 Å². The molecule has 1 rings (SSSR count). The van der Waals surface area contributed by atoms with Gasteiger partial charge in [-0.05, 0) is 58.4 Å². The van der Waals surface area contributed by atoms with Gasteiger partial charge in [-0.1, -0.05) is 56.0 Å². The number of ether oxygens (including phenoxy) is 1. The van der Waals surface area contributed by atoms with Crippen molar-refractivity contribution < 1.29 is 4.74 Å². The van der Waals surface area contributed by atoms with Crippen LogP contribution in [0.25, 0.3) is 0 Å². The largest absolute Gasteiger partial charge is 0.376 e. The average molecular weight is 290 g/mol. The molecule has 0 amide bonds. The summed E-state index contributed by atoms with van der Waals surface area (Å²) in [6.45, 7) is 11.9. The van der Waals surface area contributed by atoms with Crippen LogP contribution in [0.4, 0.5) is 0 Å². The molecule has 0 bridgehead atoms. The lowest BCUT2D eigenvalue weighted by molar-refractivity contribution is -0.0183. The lowest BCUT2D eigenvalue weighted by atomic mass is 9.93. The van der Waals surface area contributed by atoms with Crippen LogP contribution < -0.4 is 0 Å². The second kappa shape index (κ2) is 9.25. The van der Waals surface area contributed by atoms with Crippen molar-refractivity contribution in [3.63, 3.8) is 0 Å². The van der Waals surface area contributed by atoms with Crippen molar-refractivity contribution in [2.24, 2.45) is 5.92 Å². The summed E-state index contributed by atoms with van der Waals surface area (Å²) in [6, 6.07) is 8.97. The van der Waals surface area contributed by atoms with Gasteiger partial charge in [-0.15, -0.1) is 0 Å². The molecule has 1 nitrogen and oxygen atoms in total. The molecule has 1 heteroatoms. The highest BCUT2D eigenvalue weighted by atomic mass is 16.5. The van der Waals surface area contributed by atoms with Gasteiger partial charge in [0, 0.05) is 6.61 Å². The van der Waals surface area contributed by atoms with Crippen LogP contribution >= 0.6 is 0 Å². The molecule has 0 spiro atoms. The fourth-order valence-electron chi connectivity index (χ4n) is 2.89. The van der Waals surface area contributed by atoms with Gasteiger partial charge in [-0.3, -0.25) is 0 Å². The van der Waals surface area contributed by atoms with E-state index in [1.54, 1.807) is 0 Å². The third-order valence-corrected chi connectivity index (χ3v) is 4.29. The molecule has 0 N–H and O–H groups in total. The van der Waals surface area contributed by atoms with Gasteiger partial charge in [-0.25, -0.2) is 0 Å². The van der Waals surface area contributed by atoms with Crippen molar-refractivity contribution in [2.45, 2.75) is 78.7 Å². The zero-order valence-corrected chi connectivity index (χ0v) is 14.7. The standard InChI is InChI=1S/C20H34O/c1-6-21-20(4,5)16-8-10-17(2)9-7-11-19-14-12-18(3)13-15-19/h12-15,17H,6-11,16H2,1-5H3. The SMILES string of the molecule is CCOC(C)(C)CCCC(C)CCCc1ccc(C)cc1. The van der Waals surface area contributed by atoms with Gasteiger partial charge in [0.25, 0.3) is 0 Å². The Morgan fingerprint density at radius 3 is 2.29 bits per heavy atom. The maximum Gasteiger partial charge on any atom is 0.0626 e. The number of rotatable bonds is 10. The highest BCUT2D eigenvalue weighted by Crippen LogP contribution is 2.22. The zero-order chi connectivity index (χ0) is 15.7. The second-order valence-electron chi connectivity index (χ2n) is 7.07. The van der Waals surface area contributed by atoms with Crippen LogP contribution in [0, 0.1) is 12.8 Å². The summed E-state index contributed by atoms with van der Waals surface area (Å²) < 4.78 is 5.76. The first-order valence-electron chi connectivity index (χ1n) is 8.62. The first-order chi connectivity index (χ1) is 9.93. The molecule has 0 radical (unpaired) electrons. The molecular formula is C20H34O. The Morgan fingerprint density at radius 2 is 1.67 bits per heavy atom. The molecule has 0 fully saturated rings. The first kappa shape index (κ1) is 18.2. The molecule has 1 aromatic carbocycles. The summed E-state index contributed by atoms with van der Waals surface area (Å²) in [5, 5.41) is 0. The van der Waals surface area contributed by atoms with Gasteiger partial charge in [0.1, 0.15) is 0 Å². The van der Waals surface area contributed by atoms with E-state index < -0.39 is 0 Å². The topological polar surface area (TPSA) is 9.23 Å². The summed E-state index contributed by atoms with van der Waals surface area (Å²) >= 11 is 0. The molecule has 1 atom stereocenters. The van der Waals surface area contributed by atoms with Crippen LogP contribution in [0.5, 0.6) is 0 Å². The molecule has 0 aliphatic rings. The Hall–Kier alpha value is -0.820. The molecule has 0 aliphatic heterocycles. The summed E-state index contributed by atoms with van der Waals surface area (Å²) in [4.78, 5) is 0. The fourth-order valence-corrected chi connectivity index (χ4v) is 2.89. The molecule has 0 saturated carbocycles. The number of hydrogen-bond acceptors (Lipinski definition) is 1. The predicted molar refractivity (Wildman–Crippen MR) is 92.8 cm³/mol. The average Bonchev–Trinajstić information content (AvgIpc) is 2.40. The van der Waals surface area contributed by atoms with Gasteiger partial charge >= 0.3 is 0 Å². The van der Waals surface area contributed by atoms with E-state index in [-0.39, 0.29) is 5.60 Å². The van der Waals surface area contributed by atoms with E-state index in [0.717, 1.165) is 12.5 Å². The van der Waals surface area contributed by atoms with Crippen LogP contribution in [0.1, 0.15) is 70.9 Å². The molecule has 1 unspecified atom stereocenters. The van der Waals surface area contributed by atoms with E-state index in [1.165, 1.54) is 49.7 Å². The zero-order valence-electron chi connectivity index (χ0n) is 14.7. The van der Waals surface area contributed by atoms with Crippen LogP contribution in [-0.4, -0.2) is 12.2 Å². The molecular weight excluding hydrogens is 256 g/mol. The summed E-state index contributed by atoms with van der Waals surface area (Å²) in [5.41, 5.74) is 2.88. The van der Waals surface area contributed by atoms with Crippen LogP contribution in [0.2, 0.25) is 0 Å². The van der Waals surface area contributed by atoms with E-state index in [9.17, 15) is 0 Å². The number of hydrogen-bond donors (Lipinski definition) is 0. The van der Waals surface area contributed by atoms with E-state index in [0.29, 0.717) is 0 Å². The molecule has 1 aromatic rings. The molecule has 0 heterocycles. The minimum Gasteiger partial charge on any atom is -0.376 e. The lowest BCUT2D eigenvalue weighted by Crippen LogP contribution is -2.24. The minimum atomic E-state index is 0.0520. The Morgan fingerprint density at radius 1 is 1.05 bits per heavy atom. The van der Waals surface area contributed by atoms with Gasteiger partial charge in [0.15, 0.2) is 0 Å². The predicted octanol–water partition coefficient (Wildman–Crippen LogP) is 5.94. The third-order valence-electron chi connectivity index (χ3n) is 4.29. The van der Waals surface area contributed by atoms with E-state index in [1.807, 2.05) is 0 Å². The van der Waals surface area contributed by atoms with Crippen LogP contribution in [-0.2, 0) is 11.2 Å². The van der Waals surface area contributed by atoms with Gasteiger partial charge in [-0.2, -0.15) is 0 Å². The van der Waals surface area contributed by atoms with Crippen LogP contribution in [0.15, 0.2) is 24.3 Å². The molecule has 0 aliphatic carbocycles. The normalized spacial score (nSPS) is 13.4. The van der Waals surface area contributed by atoms with Crippen molar-refractivity contribution in [1.29, 1.82) is 0 Å². The third kappa shape index (κ3) is 8.26. The fraction of sp³-hybridized carbons (Fsp3) is 0.700. The highest BCUT2D eigenvalue weighted by Gasteiger charge is 2.17. The van der Waals surface area contributed by atoms with Gasteiger partial charge in [0.05, 0.1) is 5.60 Å². The first-order valence-corrected chi connectivity index (χ1v) is 8.62. The Balaban J connectivity index is 2.14. The Labute approximate surface area is 132 Å². The van der Waals surface area contributed by atoms with Crippen molar-refractivity contribution >= 4 is 0 Å². The van der Waals surface area contributed by atoms with Crippen molar-refractivity contribution in [1.82, 2.24) is 0 Å². The van der Waals surface area contributed by atoms with Crippen molar-refractivity contribution in [3.8, 4) is 0 Å².